The van der Waals surface area contributed by atoms with Gasteiger partial charge in [-0.25, -0.2) is 0 Å². The molecule has 0 aliphatic heterocycles. The van der Waals surface area contributed by atoms with Crippen LogP contribution in [0.15, 0.2) is 18.2 Å². The molecule has 0 saturated heterocycles. The summed E-state index contributed by atoms with van der Waals surface area (Å²) in [5.41, 5.74) is 2.01. The van der Waals surface area contributed by atoms with Gasteiger partial charge in [-0.15, -0.1) is 0 Å². The molecule has 1 amide bonds. The summed E-state index contributed by atoms with van der Waals surface area (Å²) in [6.07, 6.45) is 2.31. The maximum absolute atomic E-state index is 12.1. The Morgan fingerprint density at radius 2 is 2.13 bits per heavy atom. The van der Waals surface area contributed by atoms with Crippen LogP contribution >= 0.6 is 22.6 Å². The van der Waals surface area contributed by atoms with Crippen LogP contribution in [0.4, 0.5) is 0 Å². The molecule has 0 unspecified atom stereocenters. The zero-order chi connectivity index (χ0) is 11.0. The molecule has 3 heteroatoms. The third kappa shape index (κ3) is 2.17. The van der Waals surface area contributed by atoms with Gasteiger partial charge in [-0.1, -0.05) is 12.1 Å². The lowest BCUT2D eigenvalue weighted by Gasteiger charge is -2.17. The fourth-order valence-corrected chi connectivity index (χ4v) is 2.22. The SMILES string of the molecule is Cc1cccc(C(=O)N(C)C2CC2)c1I. The second-order valence-corrected chi connectivity index (χ2v) is 5.16. The van der Waals surface area contributed by atoms with Gasteiger partial charge in [0.05, 0.1) is 5.56 Å². The second-order valence-electron chi connectivity index (χ2n) is 4.08. The number of carbonyl (C=O) groups excluding carboxylic acids is 1. The molecule has 1 fully saturated rings. The van der Waals surface area contributed by atoms with Gasteiger partial charge >= 0.3 is 0 Å². The number of hydrogen-bond donors (Lipinski definition) is 0. The highest BCUT2D eigenvalue weighted by atomic mass is 127. The van der Waals surface area contributed by atoms with Crippen molar-refractivity contribution < 1.29 is 4.79 Å². The number of aryl methyl sites for hydroxylation is 1. The molecule has 0 atom stereocenters. The van der Waals surface area contributed by atoms with E-state index in [1.165, 1.54) is 5.56 Å². The third-order valence-electron chi connectivity index (χ3n) is 2.84. The molecule has 15 heavy (non-hydrogen) atoms. The lowest BCUT2D eigenvalue weighted by atomic mass is 10.1. The normalized spacial score (nSPS) is 15.1. The van der Waals surface area contributed by atoms with E-state index >= 15 is 0 Å². The quantitative estimate of drug-likeness (QED) is 0.769. The van der Waals surface area contributed by atoms with E-state index in [9.17, 15) is 4.79 Å². The zero-order valence-corrected chi connectivity index (χ0v) is 11.1. The minimum absolute atomic E-state index is 0.158. The molecular weight excluding hydrogens is 301 g/mol. The van der Waals surface area contributed by atoms with Crippen molar-refractivity contribution in [1.82, 2.24) is 4.90 Å². The first-order chi connectivity index (χ1) is 7.11. The van der Waals surface area contributed by atoms with E-state index in [2.05, 4.69) is 22.6 Å². The van der Waals surface area contributed by atoms with E-state index in [-0.39, 0.29) is 5.91 Å². The van der Waals surface area contributed by atoms with E-state index in [0.717, 1.165) is 22.0 Å². The van der Waals surface area contributed by atoms with Crippen LogP contribution in [-0.4, -0.2) is 23.9 Å². The molecule has 1 saturated carbocycles. The number of benzene rings is 1. The largest absolute Gasteiger partial charge is 0.339 e. The van der Waals surface area contributed by atoms with Crippen molar-refractivity contribution >= 4 is 28.5 Å². The van der Waals surface area contributed by atoms with Crippen LogP contribution in [0, 0.1) is 10.5 Å². The molecule has 2 rings (SSSR count). The van der Waals surface area contributed by atoms with Gasteiger partial charge in [0, 0.05) is 16.7 Å². The van der Waals surface area contributed by atoms with Crippen molar-refractivity contribution in [2.24, 2.45) is 0 Å². The molecule has 1 aliphatic rings. The smallest absolute Gasteiger partial charge is 0.254 e. The van der Waals surface area contributed by atoms with Gasteiger partial charge in [0.15, 0.2) is 0 Å². The molecule has 0 bridgehead atoms. The number of rotatable bonds is 2. The van der Waals surface area contributed by atoms with Crippen molar-refractivity contribution in [2.45, 2.75) is 25.8 Å². The van der Waals surface area contributed by atoms with E-state index in [1.807, 2.05) is 37.1 Å². The van der Waals surface area contributed by atoms with E-state index in [4.69, 9.17) is 0 Å². The van der Waals surface area contributed by atoms with Crippen LogP contribution in [0.5, 0.6) is 0 Å². The Bertz CT molecular complexity index is 399. The summed E-state index contributed by atoms with van der Waals surface area (Å²) in [6.45, 7) is 2.04. The first-order valence-corrected chi connectivity index (χ1v) is 6.21. The highest BCUT2D eigenvalue weighted by Crippen LogP contribution is 2.28. The van der Waals surface area contributed by atoms with Crippen LogP contribution in [-0.2, 0) is 0 Å². The topological polar surface area (TPSA) is 20.3 Å². The Kier molecular flexibility index (Phi) is 3.00. The maximum atomic E-state index is 12.1. The minimum Gasteiger partial charge on any atom is -0.339 e. The minimum atomic E-state index is 0.158. The summed E-state index contributed by atoms with van der Waals surface area (Å²) < 4.78 is 1.08. The Labute approximate surface area is 104 Å². The van der Waals surface area contributed by atoms with Gasteiger partial charge < -0.3 is 4.90 Å². The average molecular weight is 315 g/mol. The highest BCUT2D eigenvalue weighted by molar-refractivity contribution is 14.1. The zero-order valence-electron chi connectivity index (χ0n) is 8.96. The fraction of sp³-hybridized carbons (Fsp3) is 0.417. The molecule has 80 valence electrons. The van der Waals surface area contributed by atoms with Crippen LogP contribution in [0.1, 0.15) is 28.8 Å². The monoisotopic (exact) mass is 315 g/mol. The van der Waals surface area contributed by atoms with Gasteiger partial charge in [0.25, 0.3) is 5.91 Å². The number of hydrogen-bond acceptors (Lipinski definition) is 1. The molecule has 1 aromatic carbocycles. The lowest BCUT2D eigenvalue weighted by Crippen LogP contribution is -2.29. The van der Waals surface area contributed by atoms with Crippen LogP contribution in [0.3, 0.4) is 0 Å². The number of nitrogens with zero attached hydrogens (tertiary/aromatic N) is 1. The fourth-order valence-electron chi connectivity index (χ4n) is 1.63. The van der Waals surface area contributed by atoms with Gasteiger partial charge in [-0.05, 0) is 54.0 Å². The summed E-state index contributed by atoms with van der Waals surface area (Å²) in [5, 5.41) is 0. The first-order valence-electron chi connectivity index (χ1n) is 5.13. The van der Waals surface area contributed by atoms with E-state index < -0.39 is 0 Å². The Morgan fingerprint density at radius 3 is 2.73 bits per heavy atom. The molecule has 0 heterocycles. The van der Waals surface area contributed by atoms with Gasteiger partial charge in [0.2, 0.25) is 0 Å². The van der Waals surface area contributed by atoms with Crippen molar-refractivity contribution in [2.75, 3.05) is 7.05 Å². The second kappa shape index (κ2) is 4.12. The molecule has 2 nitrogen and oxygen atoms in total. The lowest BCUT2D eigenvalue weighted by molar-refractivity contribution is 0.0784. The summed E-state index contributed by atoms with van der Waals surface area (Å²) in [4.78, 5) is 14.0. The summed E-state index contributed by atoms with van der Waals surface area (Å²) in [6, 6.07) is 6.38. The average Bonchev–Trinajstić information content (AvgIpc) is 3.03. The Morgan fingerprint density at radius 1 is 1.47 bits per heavy atom. The van der Waals surface area contributed by atoms with E-state index in [1.54, 1.807) is 0 Å². The predicted molar refractivity (Wildman–Crippen MR) is 69.0 cm³/mol. The summed E-state index contributed by atoms with van der Waals surface area (Å²) in [7, 11) is 1.90. The van der Waals surface area contributed by atoms with Crippen LogP contribution < -0.4 is 0 Å². The highest BCUT2D eigenvalue weighted by Gasteiger charge is 2.30. The standard InChI is InChI=1S/C12H14INO/c1-8-4-3-5-10(11(8)13)12(15)14(2)9-6-7-9/h3-5,9H,6-7H2,1-2H3. The van der Waals surface area contributed by atoms with Gasteiger partial charge in [-0.2, -0.15) is 0 Å². The molecule has 0 N–H and O–H groups in total. The molecule has 1 aromatic rings. The van der Waals surface area contributed by atoms with Crippen LogP contribution in [0.2, 0.25) is 0 Å². The van der Waals surface area contributed by atoms with Gasteiger partial charge in [-0.3, -0.25) is 4.79 Å². The maximum Gasteiger partial charge on any atom is 0.254 e. The van der Waals surface area contributed by atoms with E-state index in [0.29, 0.717) is 6.04 Å². The third-order valence-corrected chi connectivity index (χ3v) is 4.27. The molecule has 0 aromatic heterocycles. The molecular formula is C12H14INO. The Hall–Kier alpha value is -0.580. The Balaban J connectivity index is 2.28. The van der Waals surface area contributed by atoms with Crippen molar-refractivity contribution in [3.05, 3.63) is 32.9 Å². The van der Waals surface area contributed by atoms with Crippen LogP contribution in [0.25, 0.3) is 0 Å². The molecule has 0 spiro atoms. The molecule has 0 radical (unpaired) electrons. The van der Waals surface area contributed by atoms with Crippen molar-refractivity contribution in [1.29, 1.82) is 0 Å². The van der Waals surface area contributed by atoms with Crippen molar-refractivity contribution in [3.8, 4) is 0 Å². The summed E-state index contributed by atoms with van der Waals surface area (Å²) in [5.74, 6) is 0.158. The number of amides is 1. The molecule has 1 aliphatic carbocycles. The van der Waals surface area contributed by atoms with Gasteiger partial charge in [0.1, 0.15) is 0 Å². The number of carbonyl (C=O) groups is 1. The predicted octanol–water partition coefficient (Wildman–Crippen LogP) is 2.83. The first kappa shape index (κ1) is 10.9. The summed E-state index contributed by atoms with van der Waals surface area (Å²) >= 11 is 2.25. The van der Waals surface area contributed by atoms with Crippen molar-refractivity contribution in [3.63, 3.8) is 0 Å². The number of halogens is 1.